The molecule has 3 rings (SSSR count). The van der Waals surface area contributed by atoms with Crippen LogP contribution in [0.1, 0.15) is 42.9 Å². The lowest BCUT2D eigenvalue weighted by Gasteiger charge is -2.38. The number of rotatable bonds is 6. The van der Waals surface area contributed by atoms with E-state index in [2.05, 4.69) is 10.2 Å². The summed E-state index contributed by atoms with van der Waals surface area (Å²) in [5.74, 6) is -1.09. The van der Waals surface area contributed by atoms with Gasteiger partial charge in [0.2, 0.25) is 0 Å². The van der Waals surface area contributed by atoms with E-state index < -0.39 is 35.3 Å². The van der Waals surface area contributed by atoms with Crippen LogP contribution in [-0.2, 0) is 18.9 Å². The van der Waals surface area contributed by atoms with Crippen LogP contribution in [0.4, 0.5) is 41.2 Å². The lowest BCUT2D eigenvalue weighted by Crippen LogP contribution is -2.48. The number of carbonyl (C=O) groups is 1. The van der Waals surface area contributed by atoms with Crippen molar-refractivity contribution in [1.29, 1.82) is 0 Å². The molecule has 1 aliphatic heterocycles. The quantitative estimate of drug-likeness (QED) is 0.440. The number of hydrogen-bond acceptors (Lipinski definition) is 2. The van der Waals surface area contributed by atoms with E-state index in [1.54, 1.807) is 0 Å². The summed E-state index contributed by atoms with van der Waals surface area (Å²) in [7, 11) is 0. The molecular weight excluding hydrogens is 479 g/mol. The van der Waals surface area contributed by atoms with Crippen LogP contribution >= 0.6 is 0 Å². The predicted molar refractivity (Wildman–Crippen MR) is 117 cm³/mol. The van der Waals surface area contributed by atoms with Gasteiger partial charge in [-0.2, -0.15) is 26.3 Å². The molecule has 1 N–H and O–H groups in total. The van der Waals surface area contributed by atoms with Gasteiger partial charge in [0.25, 0.3) is 0 Å². The average Bonchev–Trinajstić information content (AvgIpc) is 2.77. The lowest BCUT2D eigenvalue weighted by molar-refractivity contribution is -0.138. The highest BCUT2D eigenvalue weighted by Crippen LogP contribution is 2.32. The molecule has 0 atom stereocenters. The topological polar surface area (TPSA) is 35.6 Å². The molecule has 11 heteroatoms. The molecule has 1 aliphatic rings. The molecule has 4 nitrogen and oxygen atoms in total. The molecule has 0 saturated carbocycles. The minimum atomic E-state index is -4.77. The number of amides is 2. The summed E-state index contributed by atoms with van der Waals surface area (Å²) in [6, 6.07) is 5.01. The first kappa shape index (κ1) is 26.8. The van der Waals surface area contributed by atoms with E-state index in [-0.39, 0.29) is 23.8 Å². The largest absolute Gasteiger partial charge is 0.416 e. The third-order valence-corrected chi connectivity index (χ3v) is 5.88. The molecular formula is C24H26F7N3O. The Balaban J connectivity index is 1.86. The maximum Gasteiger partial charge on any atom is 0.416 e. The second-order valence-corrected chi connectivity index (χ2v) is 8.56. The molecule has 1 saturated heterocycles. The van der Waals surface area contributed by atoms with Crippen LogP contribution in [0.5, 0.6) is 0 Å². The number of urea groups is 1. The van der Waals surface area contributed by atoms with Crippen molar-refractivity contribution in [3.05, 3.63) is 65.0 Å². The van der Waals surface area contributed by atoms with Gasteiger partial charge in [0.15, 0.2) is 0 Å². The number of alkyl halides is 6. The number of hydrogen-bond donors (Lipinski definition) is 1. The zero-order valence-corrected chi connectivity index (χ0v) is 19.0. The molecule has 0 bridgehead atoms. The van der Waals surface area contributed by atoms with Crippen molar-refractivity contribution in [2.45, 2.75) is 51.1 Å². The van der Waals surface area contributed by atoms with Gasteiger partial charge in [-0.1, -0.05) is 13.0 Å². The standard InChI is InChI=1S/C24H26F7N3O/c1-2-8-33-9-6-21(7-10-33)34(15-16-11-18(24(29,30)31)13-19(25)12-16)22(35)32-20-5-3-4-17(14-20)23(26,27)28/h3-5,11-14,21H,2,6-10,15H2,1H3,(H,32,35). The Morgan fingerprint density at radius 1 is 1.00 bits per heavy atom. The molecule has 2 aromatic rings. The van der Waals surface area contributed by atoms with Crippen molar-refractivity contribution in [3.63, 3.8) is 0 Å². The molecule has 0 spiro atoms. The Labute approximate surface area is 198 Å². The summed E-state index contributed by atoms with van der Waals surface area (Å²) in [5.41, 5.74) is -2.29. The lowest BCUT2D eigenvalue weighted by atomic mass is 10.0. The molecule has 0 radical (unpaired) electrons. The smallest absolute Gasteiger partial charge is 0.317 e. The van der Waals surface area contributed by atoms with Crippen LogP contribution < -0.4 is 5.32 Å². The number of piperidine rings is 1. The second kappa shape index (κ2) is 10.8. The molecule has 35 heavy (non-hydrogen) atoms. The summed E-state index contributed by atoms with van der Waals surface area (Å²) in [6.45, 7) is 3.88. The summed E-state index contributed by atoms with van der Waals surface area (Å²) in [5, 5.41) is 2.43. The Kier molecular flexibility index (Phi) is 8.30. The number of likely N-dealkylation sites (tertiary alicyclic amines) is 1. The van der Waals surface area contributed by atoms with E-state index >= 15 is 0 Å². The monoisotopic (exact) mass is 505 g/mol. The van der Waals surface area contributed by atoms with Gasteiger partial charge in [-0.3, -0.25) is 0 Å². The molecule has 192 valence electrons. The number of halogens is 7. The Morgan fingerprint density at radius 2 is 1.66 bits per heavy atom. The van der Waals surface area contributed by atoms with Crippen molar-refractivity contribution < 1.29 is 35.5 Å². The van der Waals surface area contributed by atoms with Gasteiger partial charge in [0, 0.05) is 31.4 Å². The van der Waals surface area contributed by atoms with Crippen LogP contribution in [0.25, 0.3) is 0 Å². The van der Waals surface area contributed by atoms with E-state index in [1.807, 2.05) is 6.92 Å². The fourth-order valence-corrected chi connectivity index (χ4v) is 4.21. The van der Waals surface area contributed by atoms with Crippen LogP contribution in [0, 0.1) is 5.82 Å². The van der Waals surface area contributed by atoms with Crippen LogP contribution in [0.2, 0.25) is 0 Å². The van der Waals surface area contributed by atoms with E-state index in [0.717, 1.165) is 43.3 Å². The predicted octanol–water partition coefficient (Wildman–Crippen LogP) is 6.77. The van der Waals surface area contributed by atoms with Gasteiger partial charge < -0.3 is 15.1 Å². The van der Waals surface area contributed by atoms with Crippen molar-refractivity contribution in [1.82, 2.24) is 9.80 Å². The Bertz CT molecular complexity index is 1010. The number of nitrogens with one attached hydrogen (secondary N) is 1. The Morgan fingerprint density at radius 3 is 2.26 bits per heavy atom. The molecule has 1 heterocycles. The molecule has 0 unspecified atom stereocenters. The first-order valence-corrected chi connectivity index (χ1v) is 11.2. The SMILES string of the molecule is CCCN1CCC(N(Cc2cc(F)cc(C(F)(F)F)c2)C(=O)Nc2cccc(C(F)(F)F)c2)CC1. The molecule has 1 fully saturated rings. The van der Waals surface area contributed by atoms with Gasteiger partial charge >= 0.3 is 18.4 Å². The first-order chi connectivity index (χ1) is 16.4. The van der Waals surface area contributed by atoms with Crippen LogP contribution in [0.15, 0.2) is 42.5 Å². The van der Waals surface area contributed by atoms with E-state index in [9.17, 15) is 35.5 Å². The maximum atomic E-state index is 14.0. The van der Waals surface area contributed by atoms with Crippen molar-refractivity contribution in [2.75, 3.05) is 25.0 Å². The zero-order valence-electron chi connectivity index (χ0n) is 19.0. The van der Waals surface area contributed by atoms with E-state index in [1.165, 1.54) is 11.0 Å². The normalized spacial score (nSPS) is 15.8. The van der Waals surface area contributed by atoms with Crippen molar-refractivity contribution in [3.8, 4) is 0 Å². The summed E-state index contributed by atoms with van der Waals surface area (Å²) in [4.78, 5) is 16.6. The average molecular weight is 505 g/mol. The number of benzene rings is 2. The highest BCUT2D eigenvalue weighted by atomic mass is 19.4. The zero-order chi connectivity index (χ0) is 25.8. The molecule has 2 aromatic carbocycles. The van der Waals surface area contributed by atoms with Gasteiger partial charge in [0.05, 0.1) is 11.1 Å². The minimum Gasteiger partial charge on any atom is -0.317 e. The third-order valence-electron chi connectivity index (χ3n) is 5.88. The number of anilines is 1. The Hall–Kier alpha value is -2.82. The number of nitrogens with zero attached hydrogens (tertiary/aromatic N) is 2. The first-order valence-electron chi connectivity index (χ1n) is 11.2. The second-order valence-electron chi connectivity index (χ2n) is 8.56. The van der Waals surface area contributed by atoms with Gasteiger partial charge in [0.1, 0.15) is 5.82 Å². The molecule has 0 aliphatic carbocycles. The maximum absolute atomic E-state index is 14.0. The highest BCUT2D eigenvalue weighted by molar-refractivity contribution is 5.89. The third kappa shape index (κ3) is 7.33. The van der Waals surface area contributed by atoms with Crippen molar-refractivity contribution in [2.24, 2.45) is 0 Å². The highest BCUT2D eigenvalue weighted by Gasteiger charge is 2.34. The van der Waals surface area contributed by atoms with Gasteiger partial charge in [-0.25, -0.2) is 9.18 Å². The summed E-state index contributed by atoms with van der Waals surface area (Å²) < 4.78 is 92.7. The van der Waals surface area contributed by atoms with E-state index in [0.29, 0.717) is 32.0 Å². The summed E-state index contributed by atoms with van der Waals surface area (Å²) >= 11 is 0. The van der Waals surface area contributed by atoms with Crippen molar-refractivity contribution >= 4 is 11.7 Å². The van der Waals surface area contributed by atoms with Gasteiger partial charge in [-0.05, 0) is 67.8 Å². The fourth-order valence-electron chi connectivity index (χ4n) is 4.21. The van der Waals surface area contributed by atoms with Crippen LogP contribution in [0.3, 0.4) is 0 Å². The minimum absolute atomic E-state index is 0.0625. The molecule has 2 amide bonds. The van der Waals surface area contributed by atoms with E-state index in [4.69, 9.17) is 0 Å². The fraction of sp³-hybridized carbons (Fsp3) is 0.458. The number of carbonyl (C=O) groups excluding carboxylic acids is 1. The summed E-state index contributed by atoms with van der Waals surface area (Å²) in [6.07, 6.45) is -7.39. The molecule has 0 aromatic heterocycles. The van der Waals surface area contributed by atoms with Gasteiger partial charge in [-0.15, -0.1) is 0 Å². The van der Waals surface area contributed by atoms with Crippen LogP contribution in [-0.4, -0.2) is 41.5 Å².